The number of carbonyl (C=O) groups excluding carboxylic acids is 2. The Kier molecular flexibility index (Phi) is 5.92. The summed E-state index contributed by atoms with van der Waals surface area (Å²) in [6.07, 6.45) is 0. The fourth-order valence-electron chi connectivity index (χ4n) is 3.38. The maximum Gasteiger partial charge on any atom is 0.278 e. The van der Waals surface area contributed by atoms with Gasteiger partial charge in [0.15, 0.2) is 0 Å². The van der Waals surface area contributed by atoms with Crippen LogP contribution in [0.5, 0.6) is 11.5 Å². The maximum absolute atomic E-state index is 13.3. The van der Waals surface area contributed by atoms with Crippen molar-refractivity contribution in [2.75, 3.05) is 26.1 Å². The molecule has 0 spiro atoms. The molecule has 6 nitrogen and oxygen atoms in total. The highest BCUT2D eigenvalue weighted by Gasteiger charge is 2.40. The molecule has 0 aliphatic carbocycles. The molecule has 0 fully saturated rings. The van der Waals surface area contributed by atoms with Crippen LogP contribution in [0.4, 0.5) is 5.69 Å². The summed E-state index contributed by atoms with van der Waals surface area (Å²) < 4.78 is 10.9. The highest BCUT2D eigenvalue weighted by molar-refractivity contribution is 6.37. The number of hydrogen-bond donors (Lipinski definition) is 1. The average Bonchev–Trinajstić information content (AvgIpc) is 2.92. The smallest absolute Gasteiger partial charge is 0.278 e. The summed E-state index contributed by atoms with van der Waals surface area (Å²) in [6.45, 7) is 6.23. The molecule has 0 unspecified atom stereocenters. The van der Waals surface area contributed by atoms with Crippen molar-refractivity contribution < 1.29 is 19.1 Å². The second-order valence-electron chi connectivity index (χ2n) is 7.39. The summed E-state index contributed by atoms with van der Waals surface area (Å²) in [6, 6.07) is 12.8. The number of benzene rings is 2. The van der Waals surface area contributed by atoms with Crippen LogP contribution in [-0.2, 0) is 9.59 Å². The van der Waals surface area contributed by atoms with Crippen LogP contribution in [0, 0.1) is 12.8 Å². The number of carbonyl (C=O) groups is 2. The van der Waals surface area contributed by atoms with Gasteiger partial charge in [-0.25, -0.2) is 0 Å². The molecule has 0 atom stereocenters. The molecular weight excluding hydrogens is 368 g/mol. The van der Waals surface area contributed by atoms with Crippen LogP contribution in [0.15, 0.2) is 48.2 Å². The molecule has 0 saturated heterocycles. The Hall–Kier alpha value is -3.28. The maximum atomic E-state index is 13.3. The zero-order valence-electron chi connectivity index (χ0n) is 17.4. The molecule has 1 N–H and O–H groups in total. The summed E-state index contributed by atoms with van der Waals surface area (Å²) in [5.74, 6) is 0.584. The SMILES string of the molecule is COc1ccc(C)cc1NC1=C(c2ccccc2OC)C(=O)N(CC(C)C)C1=O. The van der Waals surface area contributed by atoms with Crippen molar-refractivity contribution >= 4 is 23.1 Å². The Morgan fingerprint density at radius 2 is 1.66 bits per heavy atom. The molecule has 1 heterocycles. The van der Waals surface area contributed by atoms with Crippen LogP contribution in [-0.4, -0.2) is 37.5 Å². The number of ether oxygens (including phenoxy) is 2. The average molecular weight is 394 g/mol. The van der Waals surface area contributed by atoms with Gasteiger partial charge in [-0.05, 0) is 36.6 Å². The molecule has 0 radical (unpaired) electrons. The first-order valence-corrected chi connectivity index (χ1v) is 9.52. The fourth-order valence-corrected chi connectivity index (χ4v) is 3.38. The Morgan fingerprint density at radius 1 is 0.966 bits per heavy atom. The second-order valence-corrected chi connectivity index (χ2v) is 7.39. The lowest BCUT2D eigenvalue weighted by Gasteiger charge is -2.18. The number of imide groups is 1. The topological polar surface area (TPSA) is 67.9 Å². The number of methoxy groups -OCH3 is 2. The lowest BCUT2D eigenvalue weighted by molar-refractivity contribution is -0.137. The van der Waals surface area contributed by atoms with Gasteiger partial charge in [0.05, 0.1) is 25.5 Å². The van der Waals surface area contributed by atoms with E-state index in [-0.39, 0.29) is 23.4 Å². The molecule has 29 heavy (non-hydrogen) atoms. The molecule has 3 rings (SSSR count). The van der Waals surface area contributed by atoms with Crippen molar-refractivity contribution in [1.29, 1.82) is 0 Å². The van der Waals surface area contributed by atoms with Crippen LogP contribution < -0.4 is 14.8 Å². The first kappa shape index (κ1) is 20.5. The van der Waals surface area contributed by atoms with Gasteiger partial charge in [-0.15, -0.1) is 0 Å². The summed E-state index contributed by atoms with van der Waals surface area (Å²) in [5, 5.41) is 3.17. The van der Waals surface area contributed by atoms with Crippen molar-refractivity contribution in [1.82, 2.24) is 4.90 Å². The van der Waals surface area contributed by atoms with Crippen LogP contribution in [0.25, 0.3) is 5.57 Å². The lowest BCUT2D eigenvalue weighted by atomic mass is 10.0. The van der Waals surface area contributed by atoms with E-state index >= 15 is 0 Å². The fraction of sp³-hybridized carbons (Fsp3) is 0.304. The monoisotopic (exact) mass is 394 g/mol. The van der Waals surface area contributed by atoms with Gasteiger partial charge < -0.3 is 14.8 Å². The van der Waals surface area contributed by atoms with Gasteiger partial charge in [-0.1, -0.05) is 38.1 Å². The van der Waals surface area contributed by atoms with Crippen LogP contribution in [0.1, 0.15) is 25.0 Å². The minimum absolute atomic E-state index is 0.148. The van der Waals surface area contributed by atoms with E-state index in [1.54, 1.807) is 26.4 Å². The van der Waals surface area contributed by atoms with Gasteiger partial charge in [0.1, 0.15) is 17.2 Å². The Bertz CT molecular complexity index is 979. The molecular formula is C23H26N2O4. The summed E-state index contributed by atoms with van der Waals surface area (Å²) in [5.41, 5.74) is 2.74. The van der Waals surface area contributed by atoms with E-state index in [2.05, 4.69) is 5.32 Å². The first-order chi connectivity index (χ1) is 13.9. The van der Waals surface area contributed by atoms with Crippen LogP contribution >= 0.6 is 0 Å². The molecule has 152 valence electrons. The van der Waals surface area contributed by atoms with E-state index in [0.29, 0.717) is 34.9 Å². The summed E-state index contributed by atoms with van der Waals surface area (Å²) in [4.78, 5) is 27.8. The zero-order valence-corrected chi connectivity index (χ0v) is 17.4. The van der Waals surface area contributed by atoms with E-state index in [1.165, 1.54) is 4.90 Å². The molecule has 0 aromatic heterocycles. The van der Waals surface area contributed by atoms with Gasteiger partial charge in [0, 0.05) is 12.1 Å². The molecule has 1 aliphatic rings. The van der Waals surface area contributed by atoms with Crippen molar-refractivity contribution in [2.45, 2.75) is 20.8 Å². The predicted octanol–water partition coefficient (Wildman–Crippen LogP) is 3.86. The number of hydrogen-bond acceptors (Lipinski definition) is 5. The summed E-state index contributed by atoms with van der Waals surface area (Å²) >= 11 is 0. The molecule has 0 bridgehead atoms. The van der Waals surface area contributed by atoms with E-state index in [1.807, 2.05) is 51.1 Å². The summed E-state index contributed by atoms with van der Waals surface area (Å²) in [7, 11) is 3.11. The third-order valence-corrected chi connectivity index (χ3v) is 4.71. The van der Waals surface area contributed by atoms with Gasteiger partial charge in [-0.2, -0.15) is 0 Å². The standard InChI is InChI=1S/C23H26N2O4/c1-14(2)13-25-22(26)20(16-8-6-7-9-18(16)28-4)21(23(25)27)24-17-12-15(3)10-11-19(17)29-5/h6-12,14,24H,13H2,1-5H3. The van der Waals surface area contributed by atoms with E-state index in [9.17, 15) is 9.59 Å². The number of anilines is 1. The Balaban J connectivity index is 2.16. The van der Waals surface area contributed by atoms with E-state index in [4.69, 9.17) is 9.47 Å². The van der Waals surface area contributed by atoms with Gasteiger partial charge in [0.2, 0.25) is 0 Å². The highest BCUT2D eigenvalue weighted by Crippen LogP contribution is 2.37. The quantitative estimate of drug-likeness (QED) is 0.723. The van der Waals surface area contributed by atoms with Crippen LogP contribution in [0.3, 0.4) is 0 Å². The number of nitrogens with one attached hydrogen (secondary N) is 1. The van der Waals surface area contributed by atoms with Gasteiger partial charge in [-0.3, -0.25) is 14.5 Å². The third-order valence-electron chi connectivity index (χ3n) is 4.71. The largest absolute Gasteiger partial charge is 0.496 e. The number of aryl methyl sites for hydroxylation is 1. The number of rotatable bonds is 7. The molecule has 1 aliphatic heterocycles. The van der Waals surface area contributed by atoms with E-state index < -0.39 is 0 Å². The van der Waals surface area contributed by atoms with E-state index in [0.717, 1.165) is 5.56 Å². The lowest BCUT2D eigenvalue weighted by Crippen LogP contribution is -2.35. The predicted molar refractivity (Wildman–Crippen MR) is 113 cm³/mol. The normalized spacial score (nSPS) is 14.1. The van der Waals surface area contributed by atoms with Gasteiger partial charge >= 0.3 is 0 Å². The zero-order chi connectivity index (χ0) is 21.1. The molecule has 6 heteroatoms. The number of nitrogens with zero attached hydrogens (tertiary/aromatic N) is 1. The first-order valence-electron chi connectivity index (χ1n) is 9.52. The number of amides is 2. The Labute approximate surface area is 171 Å². The van der Waals surface area contributed by atoms with Crippen molar-refractivity contribution in [3.05, 3.63) is 59.3 Å². The molecule has 2 aromatic carbocycles. The van der Waals surface area contributed by atoms with Crippen LogP contribution in [0.2, 0.25) is 0 Å². The third kappa shape index (κ3) is 3.97. The van der Waals surface area contributed by atoms with Crippen molar-refractivity contribution in [3.8, 4) is 11.5 Å². The molecule has 0 saturated carbocycles. The molecule has 2 amide bonds. The highest BCUT2D eigenvalue weighted by atomic mass is 16.5. The minimum atomic E-state index is -0.354. The van der Waals surface area contributed by atoms with Crippen molar-refractivity contribution in [2.24, 2.45) is 5.92 Å². The second kappa shape index (κ2) is 8.39. The molecule has 2 aromatic rings. The van der Waals surface area contributed by atoms with Gasteiger partial charge in [0.25, 0.3) is 11.8 Å². The Morgan fingerprint density at radius 3 is 2.31 bits per heavy atom. The number of para-hydroxylation sites is 1. The minimum Gasteiger partial charge on any atom is -0.496 e. The van der Waals surface area contributed by atoms with Crippen molar-refractivity contribution in [3.63, 3.8) is 0 Å².